The first-order valence-electron chi connectivity index (χ1n) is 13.1. The maximum absolute atomic E-state index is 13.1. The normalized spacial score (nSPS) is 18.2. The summed E-state index contributed by atoms with van der Waals surface area (Å²) in [6, 6.07) is 4.68. The molecule has 1 saturated carbocycles. The van der Waals surface area contributed by atoms with E-state index in [0.29, 0.717) is 36.6 Å². The van der Waals surface area contributed by atoms with E-state index in [1.165, 1.54) is 48.8 Å². The summed E-state index contributed by atoms with van der Waals surface area (Å²) in [6.45, 7) is 5.77. The van der Waals surface area contributed by atoms with Gasteiger partial charge in [-0.15, -0.1) is 0 Å². The van der Waals surface area contributed by atoms with Crippen molar-refractivity contribution in [2.24, 2.45) is 5.92 Å². The van der Waals surface area contributed by atoms with E-state index in [9.17, 15) is 24.5 Å². The molecule has 1 aromatic rings. The monoisotopic (exact) mass is 514 g/mol. The predicted octanol–water partition coefficient (Wildman–Crippen LogP) is 4.71. The molecule has 37 heavy (non-hydrogen) atoms. The van der Waals surface area contributed by atoms with Gasteiger partial charge in [0.2, 0.25) is 5.91 Å². The highest BCUT2D eigenvalue weighted by Gasteiger charge is 2.39. The van der Waals surface area contributed by atoms with Crippen LogP contribution in [0.15, 0.2) is 35.5 Å². The van der Waals surface area contributed by atoms with Crippen LogP contribution in [0, 0.1) is 16.0 Å². The first-order chi connectivity index (χ1) is 17.6. The van der Waals surface area contributed by atoms with Crippen molar-refractivity contribution in [1.29, 1.82) is 0 Å². The van der Waals surface area contributed by atoms with Crippen molar-refractivity contribution in [2.75, 3.05) is 20.1 Å². The van der Waals surface area contributed by atoms with Crippen LogP contribution in [0.1, 0.15) is 77.3 Å². The number of nitrogens with one attached hydrogen (secondary N) is 1. The number of esters is 1. The lowest BCUT2D eigenvalue weighted by atomic mass is 9.93. The number of nitrogens with zero attached hydrogens (tertiary/aromatic N) is 3. The van der Waals surface area contributed by atoms with Gasteiger partial charge in [0.1, 0.15) is 0 Å². The van der Waals surface area contributed by atoms with E-state index in [4.69, 9.17) is 4.74 Å². The van der Waals surface area contributed by atoms with Crippen LogP contribution >= 0.6 is 0 Å². The lowest BCUT2D eigenvalue weighted by Crippen LogP contribution is -2.49. The van der Waals surface area contributed by atoms with Crippen molar-refractivity contribution >= 4 is 23.6 Å². The topological polar surface area (TPSA) is 122 Å². The SMILES string of the molecule is CC1=C(C(=O)OC(C)C)C(c2cccc([N+](=O)[O-])c2)N(CCCN(C)C(=O)CCC2CCCC2)C(=O)N1. The molecule has 0 bridgehead atoms. The molecule has 1 N–H and O–H groups in total. The van der Waals surface area contributed by atoms with Gasteiger partial charge in [0.15, 0.2) is 0 Å². The van der Waals surface area contributed by atoms with E-state index in [0.717, 1.165) is 6.42 Å². The van der Waals surface area contributed by atoms with Crippen molar-refractivity contribution in [1.82, 2.24) is 15.1 Å². The summed E-state index contributed by atoms with van der Waals surface area (Å²) in [7, 11) is 1.76. The third-order valence-electron chi connectivity index (χ3n) is 7.06. The van der Waals surface area contributed by atoms with Gasteiger partial charge in [-0.05, 0) is 45.1 Å². The lowest BCUT2D eigenvalue weighted by Gasteiger charge is -2.38. The Kier molecular flexibility index (Phi) is 9.66. The Morgan fingerprint density at radius 1 is 1.27 bits per heavy atom. The third-order valence-corrected chi connectivity index (χ3v) is 7.06. The highest BCUT2D eigenvalue weighted by Crippen LogP contribution is 2.36. The van der Waals surface area contributed by atoms with Crippen LogP contribution in [0.5, 0.6) is 0 Å². The summed E-state index contributed by atoms with van der Waals surface area (Å²) in [5.74, 6) is 0.138. The Morgan fingerprint density at radius 3 is 2.62 bits per heavy atom. The van der Waals surface area contributed by atoms with Crippen molar-refractivity contribution in [3.05, 3.63) is 51.2 Å². The van der Waals surface area contributed by atoms with Crippen LogP contribution in [-0.4, -0.2) is 58.9 Å². The number of nitro groups is 1. The van der Waals surface area contributed by atoms with Crippen LogP contribution in [-0.2, 0) is 14.3 Å². The van der Waals surface area contributed by atoms with E-state index in [-0.39, 0.29) is 29.8 Å². The fourth-order valence-corrected chi connectivity index (χ4v) is 5.13. The molecule has 10 heteroatoms. The molecule has 3 amide bonds. The number of carbonyl (C=O) groups excluding carboxylic acids is 3. The Balaban J connectivity index is 1.77. The largest absolute Gasteiger partial charge is 0.459 e. The molecule has 1 aliphatic carbocycles. The number of non-ortho nitro benzene ring substituents is 1. The summed E-state index contributed by atoms with van der Waals surface area (Å²) in [5.41, 5.74) is 0.891. The molecular weight excluding hydrogens is 476 g/mol. The van der Waals surface area contributed by atoms with Crippen molar-refractivity contribution in [2.45, 2.75) is 77.9 Å². The standard InChI is InChI=1S/C27H38N4O6/c1-18(2)37-26(33)24-19(3)28-27(34)30(25(24)21-11-7-12-22(17-21)31(35)36)16-8-15-29(4)23(32)14-13-20-9-5-6-10-20/h7,11-12,17-18,20,25H,5-6,8-10,13-16H2,1-4H3,(H,28,34). The molecule has 202 valence electrons. The molecule has 1 fully saturated rings. The second-order valence-electron chi connectivity index (χ2n) is 10.2. The molecule has 0 spiro atoms. The van der Waals surface area contributed by atoms with Gasteiger partial charge >= 0.3 is 12.0 Å². The molecule has 1 heterocycles. The van der Waals surface area contributed by atoms with E-state index < -0.39 is 23.0 Å². The Morgan fingerprint density at radius 2 is 1.97 bits per heavy atom. The average Bonchev–Trinajstić information content (AvgIpc) is 3.36. The number of allylic oxidation sites excluding steroid dienone is 1. The molecule has 1 atom stereocenters. The number of amides is 3. The zero-order valence-corrected chi connectivity index (χ0v) is 22.2. The third kappa shape index (κ3) is 7.30. The van der Waals surface area contributed by atoms with Gasteiger partial charge in [0.05, 0.1) is 22.6 Å². The number of hydrogen-bond donors (Lipinski definition) is 1. The number of urea groups is 1. The van der Waals surface area contributed by atoms with Gasteiger partial charge < -0.3 is 19.9 Å². The minimum atomic E-state index is -0.858. The molecule has 10 nitrogen and oxygen atoms in total. The van der Waals surface area contributed by atoms with Gasteiger partial charge in [0.25, 0.3) is 5.69 Å². The quantitative estimate of drug-likeness (QED) is 0.259. The fraction of sp³-hybridized carbons (Fsp3) is 0.593. The van der Waals surface area contributed by atoms with E-state index in [2.05, 4.69) is 5.32 Å². The number of nitro benzene ring substituents is 1. The van der Waals surface area contributed by atoms with E-state index >= 15 is 0 Å². The van der Waals surface area contributed by atoms with Gasteiger partial charge in [-0.25, -0.2) is 9.59 Å². The Bertz CT molecular complexity index is 1050. The fourth-order valence-electron chi connectivity index (χ4n) is 5.13. The average molecular weight is 515 g/mol. The minimum Gasteiger partial charge on any atom is -0.459 e. The highest BCUT2D eigenvalue weighted by molar-refractivity contribution is 5.95. The molecule has 0 radical (unpaired) electrons. The number of ether oxygens (including phenoxy) is 1. The van der Waals surface area contributed by atoms with Gasteiger partial charge in [-0.3, -0.25) is 14.9 Å². The lowest BCUT2D eigenvalue weighted by molar-refractivity contribution is -0.384. The van der Waals surface area contributed by atoms with Gasteiger partial charge in [0, 0.05) is 44.4 Å². The van der Waals surface area contributed by atoms with Crippen LogP contribution in [0.3, 0.4) is 0 Å². The molecule has 0 aromatic heterocycles. The first kappa shape index (κ1) is 28.1. The molecule has 1 unspecified atom stereocenters. The molecule has 1 aliphatic heterocycles. The van der Waals surface area contributed by atoms with E-state index in [1.54, 1.807) is 38.8 Å². The molecular formula is C27H38N4O6. The number of carbonyl (C=O) groups is 3. The maximum atomic E-state index is 13.1. The Labute approximate surface area is 218 Å². The molecule has 1 aromatic carbocycles. The zero-order chi connectivity index (χ0) is 27.1. The smallest absolute Gasteiger partial charge is 0.338 e. The summed E-state index contributed by atoms with van der Waals surface area (Å²) in [4.78, 5) is 52.9. The molecule has 0 saturated heterocycles. The summed E-state index contributed by atoms with van der Waals surface area (Å²) >= 11 is 0. The molecule has 2 aliphatic rings. The first-order valence-corrected chi connectivity index (χ1v) is 13.1. The summed E-state index contributed by atoms with van der Waals surface area (Å²) < 4.78 is 5.45. The molecule has 3 rings (SSSR count). The van der Waals surface area contributed by atoms with Crippen LogP contribution in [0.2, 0.25) is 0 Å². The number of hydrogen-bond acceptors (Lipinski definition) is 6. The van der Waals surface area contributed by atoms with Crippen molar-refractivity contribution in [3.63, 3.8) is 0 Å². The summed E-state index contributed by atoms with van der Waals surface area (Å²) in [6.07, 6.45) is 6.44. The second kappa shape index (κ2) is 12.7. The second-order valence-corrected chi connectivity index (χ2v) is 10.2. The number of benzene rings is 1. The zero-order valence-electron chi connectivity index (χ0n) is 22.2. The minimum absolute atomic E-state index is 0.0853. The maximum Gasteiger partial charge on any atom is 0.338 e. The van der Waals surface area contributed by atoms with Crippen LogP contribution in [0.4, 0.5) is 10.5 Å². The Hall–Kier alpha value is -3.43. The summed E-state index contributed by atoms with van der Waals surface area (Å²) in [5, 5.41) is 14.2. The van der Waals surface area contributed by atoms with Gasteiger partial charge in [-0.2, -0.15) is 0 Å². The van der Waals surface area contributed by atoms with Crippen LogP contribution < -0.4 is 5.32 Å². The van der Waals surface area contributed by atoms with Crippen LogP contribution in [0.25, 0.3) is 0 Å². The van der Waals surface area contributed by atoms with Crippen molar-refractivity contribution < 1.29 is 24.0 Å². The van der Waals surface area contributed by atoms with Gasteiger partial charge in [-0.1, -0.05) is 37.8 Å². The predicted molar refractivity (Wildman–Crippen MR) is 138 cm³/mol. The van der Waals surface area contributed by atoms with Crippen molar-refractivity contribution in [3.8, 4) is 0 Å². The number of rotatable bonds is 11. The van der Waals surface area contributed by atoms with E-state index in [1.807, 2.05) is 0 Å². The highest BCUT2D eigenvalue weighted by atomic mass is 16.6.